The molecule has 0 aromatic carbocycles. The summed E-state index contributed by atoms with van der Waals surface area (Å²) in [6.07, 6.45) is 3.80. The van der Waals surface area contributed by atoms with Crippen LogP contribution in [-0.2, 0) is 0 Å². The summed E-state index contributed by atoms with van der Waals surface area (Å²) in [5.74, 6) is 0. The lowest BCUT2D eigenvalue weighted by molar-refractivity contribution is 1.33. The Balaban J connectivity index is 3.79. The van der Waals surface area contributed by atoms with Gasteiger partial charge in [0.15, 0.2) is 0 Å². The van der Waals surface area contributed by atoms with Gasteiger partial charge in [-0.2, -0.15) is 0 Å². The molecule has 0 aromatic rings. The van der Waals surface area contributed by atoms with Crippen LogP contribution in [0.1, 0.15) is 13.8 Å². The molecule has 54 valence electrons. The first-order chi connectivity index (χ1) is 4.02. The SMILES string of the molecule is CCB(CC)[Si](C)(C)C. The van der Waals surface area contributed by atoms with E-state index in [0.717, 1.165) is 6.31 Å². The third kappa shape index (κ3) is 3.09. The van der Waals surface area contributed by atoms with E-state index in [4.69, 9.17) is 0 Å². The molecule has 0 unspecified atom stereocenters. The molecule has 0 nitrogen and oxygen atoms in total. The van der Waals surface area contributed by atoms with Gasteiger partial charge in [-0.05, 0) is 0 Å². The first-order valence-electron chi connectivity index (χ1n) is 4.02. The van der Waals surface area contributed by atoms with Crippen LogP contribution in [0.5, 0.6) is 0 Å². The molecule has 0 radical (unpaired) electrons. The minimum atomic E-state index is -0.787. The van der Waals surface area contributed by atoms with Gasteiger partial charge in [-0.3, -0.25) is 0 Å². The number of rotatable bonds is 3. The van der Waals surface area contributed by atoms with Crippen LogP contribution in [0.25, 0.3) is 0 Å². The second-order valence-electron chi connectivity index (χ2n) is 3.88. The normalized spacial score (nSPS) is 11.7. The summed E-state index contributed by atoms with van der Waals surface area (Å²) in [6.45, 7) is 12.0. The minimum Gasteiger partial charge on any atom is -0.0791 e. The summed E-state index contributed by atoms with van der Waals surface area (Å²) in [4.78, 5) is 0. The molecular formula is C7H19BSi. The summed E-state index contributed by atoms with van der Waals surface area (Å²) in [6, 6.07) is 0. The molecule has 0 spiro atoms. The zero-order valence-corrected chi connectivity index (χ0v) is 8.49. The highest BCUT2D eigenvalue weighted by Gasteiger charge is 2.25. The van der Waals surface area contributed by atoms with Gasteiger partial charge in [0.2, 0.25) is 0 Å². The minimum absolute atomic E-state index is 0.787. The van der Waals surface area contributed by atoms with E-state index < -0.39 is 7.94 Å². The summed E-state index contributed by atoms with van der Waals surface area (Å²) >= 11 is 0. The zero-order valence-electron chi connectivity index (χ0n) is 7.49. The van der Waals surface area contributed by atoms with Crippen molar-refractivity contribution in [3.05, 3.63) is 0 Å². The highest BCUT2D eigenvalue weighted by Crippen LogP contribution is 2.13. The summed E-state index contributed by atoms with van der Waals surface area (Å²) in [5, 5.41) is 0. The highest BCUT2D eigenvalue weighted by atomic mass is 28.3. The summed E-state index contributed by atoms with van der Waals surface area (Å²) < 4.78 is 0. The monoisotopic (exact) mass is 142 g/mol. The van der Waals surface area contributed by atoms with Gasteiger partial charge >= 0.3 is 0 Å². The molecule has 9 heavy (non-hydrogen) atoms. The second-order valence-corrected chi connectivity index (χ2v) is 9.43. The molecule has 0 amide bonds. The molecule has 0 aliphatic rings. The van der Waals surface area contributed by atoms with Crippen LogP contribution in [0.4, 0.5) is 0 Å². The molecule has 0 aliphatic carbocycles. The van der Waals surface area contributed by atoms with Crippen molar-refractivity contribution in [1.82, 2.24) is 0 Å². The molecule has 0 saturated heterocycles. The van der Waals surface area contributed by atoms with E-state index in [1.807, 2.05) is 0 Å². The predicted molar refractivity (Wildman–Crippen MR) is 50.1 cm³/mol. The third-order valence-electron chi connectivity index (χ3n) is 2.21. The number of hydrogen-bond acceptors (Lipinski definition) is 0. The maximum absolute atomic E-state index is 2.46. The van der Waals surface area contributed by atoms with Gasteiger partial charge in [-0.15, -0.1) is 0 Å². The Morgan fingerprint density at radius 2 is 1.33 bits per heavy atom. The fourth-order valence-electron chi connectivity index (χ4n) is 1.51. The van der Waals surface area contributed by atoms with E-state index >= 15 is 0 Å². The third-order valence-corrected chi connectivity index (χ3v) is 5.48. The Labute approximate surface area is 61.1 Å². The van der Waals surface area contributed by atoms with Crippen molar-refractivity contribution in [2.24, 2.45) is 0 Å². The van der Waals surface area contributed by atoms with Gasteiger partial charge in [0, 0.05) is 7.94 Å². The van der Waals surface area contributed by atoms with Crippen molar-refractivity contribution in [2.75, 3.05) is 0 Å². The standard InChI is InChI=1S/C7H19BSi/c1-6-8(7-2)9(3,4)5/h6-7H2,1-5H3. The maximum atomic E-state index is 2.46. The molecule has 0 heterocycles. The summed E-state index contributed by atoms with van der Waals surface area (Å²) in [7, 11) is -0.787. The van der Waals surface area contributed by atoms with Crippen LogP contribution in [-0.4, -0.2) is 14.2 Å². The van der Waals surface area contributed by atoms with E-state index in [-0.39, 0.29) is 0 Å². The fourth-order valence-corrected chi connectivity index (χ4v) is 3.96. The average molecular weight is 142 g/mol. The molecular weight excluding hydrogens is 123 g/mol. The van der Waals surface area contributed by atoms with Gasteiger partial charge < -0.3 is 0 Å². The van der Waals surface area contributed by atoms with E-state index in [9.17, 15) is 0 Å². The van der Waals surface area contributed by atoms with Crippen LogP contribution in [0, 0.1) is 0 Å². The zero-order chi connectivity index (χ0) is 7.49. The molecule has 0 fully saturated rings. The van der Waals surface area contributed by atoms with Gasteiger partial charge in [0.05, 0.1) is 0 Å². The predicted octanol–water partition coefficient (Wildman–Crippen LogP) is 2.94. The van der Waals surface area contributed by atoms with E-state index in [2.05, 4.69) is 33.5 Å². The van der Waals surface area contributed by atoms with E-state index in [1.165, 1.54) is 12.6 Å². The number of hydrogen-bond donors (Lipinski definition) is 0. The molecule has 0 rings (SSSR count). The summed E-state index contributed by atoms with van der Waals surface area (Å²) in [5.41, 5.74) is 0. The largest absolute Gasteiger partial charge is 0.133 e. The Kier molecular flexibility index (Phi) is 3.56. The Morgan fingerprint density at radius 3 is 1.33 bits per heavy atom. The lowest BCUT2D eigenvalue weighted by Gasteiger charge is -2.23. The quantitative estimate of drug-likeness (QED) is 0.531. The van der Waals surface area contributed by atoms with Crippen molar-refractivity contribution in [1.29, 1.82) is 0 Å². The molecule has 0 atom stereocenters. The van der Waals surface area contributed by atoms with Crippen molar-refractivity contribution < 1.29 is 0 Å². The van der Waals surface area contributed by atoms with Crippen molar-refractivity contribution in [3.8, 4) is 0 Å². The van der Waals surface area contributed by atoms with Crippen molar-refractivity contribution >= 4 is 14.2 Å². The van der Waals surface area contributed by atoms with Crippen LogP contribution in [0.2, 0.25) is 32.3 Å². The molecule has 0 aromatic heterocycles. The van der Waals surface area contributed by atoms with Gasteiger partial charge in [0.25, 0.3) is 0 Å². The lowest BCUT2D eigenvalue weighted by atomic mass is 9.69. The van der Waals surface area contributed by atoms with Gasteiger partial charge in [0.1, 0.15) is 6.31 Å². The second kappa shape index (κ2) is 3.45. The van der Waals surface area contributed by atoms with Crippen LogP contribution in [0.15, 0.2) is 0 Å². The van der Waals surface area contributed by atoms with Gasteiger partial charge in [-0.1, -0.05) is 46.1 Å². The Bertz CT molecular complexity index is 71.5. The molecule has 2 heteroatoms. The molecule has 0 aliphatic heterocycles. The van der Waals surface area contributed by atoms with Crippen molar-refractivity contribution in [2.45, 2.75) is 46.1 Å². The Hall–Kier alpha value is 0.282. The van der Waals surface area contributed by atoms with Crippen LogP contribution >= 0.6 is 0 Å². The highest BCUT2D eigenvalue weighted by molar-refractivity contribution is 7.31. The van der Waals surface area contributed by atoms with Crippen LogP contribution in [0.3, 0.4) is 0 Å². The molecule has 0 saturated carbocycles. The first kappa shape index (κ1) is 9.28. The van der Waals surface area contributed by atoms with Crippen LogP contribution < -0.4 is 0 Å². The topological polar surface area (TPSA) is 0 Å². The van der Waals surface area contributed by atoms with Gasteiger partial charge in [-0.25, -0.2) is 0 Å². The molecule has 0 N–H and O–H groups in total. The smallest absolute Gasteiger partial charge is 0.0791 e. The molecule has 0 bridgehead atoms. The fraction of sp³-hybridized carbons (Fsp3) is 1.00. The maximum Gasteiger partial charge on any atom is 0.133 e. The average Bonchev–Trinajstić information content (AvgIpc) is 1.65. The van der Waals surface area contributed by atoms with Crippen molar-refractivity contribution in [3.63, 3.8) is 0 Å². The first-order valence-corrected chi connectivity index (χ1v) is 7.60. The lowest BCUT2D eigenvalue weighted by Crippen LogP contribution is -2.41. The Morgan fingerprint density at radius 1 is 1.00 bits per heavy atom. The van der Waals surface area contributed by atoms with E-state index in [1.54, 1.807) is 0 Å². The van der Waals surface area contributed by atoms with E-state index in [0.29, 0.717) is 0 Å².